The molecule has 2 atom stereocenters. The number of rotatable bonds is 6. The highest BCUT2D eigenvalue weighted by atomic mass is 16.4. The molecule has 7 nitrogen and oxygen atoms in total. The van der Waals surface area contributed by atoms with Crippen LogP contribution in [-0.4, -0.2) is 35.0 Å². The number of hydrogen-bond acceptors (Lipinski definition) is 4. The first-order valence-electron chi connectivity index (χ1n) is 6.19. The zero-order valence-electron chi connectivity index (χ0n) is 11.5. The van der Waals surface area contributed by atoms with Crippen molar-refractivity contribution in [2.75, 3.05) is 0 Å². The van der Waals surface area contributed by atoms with Gasteiger partial charge in [0.1, 0.15) is 18.3 Å². The summed E-state index contributed by atoms with van der Waals surface area (Å²) in [4.78, 5) is 34.6. The number of amides is 2. The second-order valence-corrected chi connectivity index (χ2v) is 4.78. The first kappa shape index (κ1) is 15.7. The molecule has 0 aliphatic heterocycles. The third kappa shape index (κ3) is 4.11. The van der Waals surface area contributed by atoms with Crippen LogP contribution < -0.4 is 10.6 Å². The number of carboxylic acid groups (broad SMARTS) is 1. The minimum Gasteiger partial charge on any atom is -0.480 e. The van der Waals surface area contributed by atoms with E-state index in [2.05, 4.69) is 10.6 Å². The Kier molecular flexibility index (Phi) is 5.31. The first-order valence-corrected chi connectivity index (χ1v) is 6.19. The number of carboxylic acids is 1. The monoisotopic (exact) mass is 282 g/mol. The lowest BCUT2D eigenvalue weighted by Gasteiger charge is -2.20. The van der Waals surface area contributed by atoms with Gasteiger partial charge in [0, 0.05) is 0 Å². The van der Waals surface area contributed by atoms with Crippen molar-refractivity contribution in [1.82, 2.24) is 10.6 Å². The van der Waals surface area contributed by atoms with Gasteiger partial charge in [0.15, 0.2) is 0 Å². The fraction of sp³-hybridized carbons (Fsp3) is 0.462. The Morgan fingerprint density at radius 2 is 1.85 bits per heavy atom. The van der Waals surface area contributed by atoms with E-state index >= 15 is 0 Å². The van der Waals surface area contributed by atoms with Crippen LogP contribution in [0.5, 0.6) is 0 Å². The van der Waals surface area contributed by atoms with Crippen LogP contribution in [-0.2, 0) is 9.59 Å². The van der Waals surface area contributed by atoms with Gasteiger partial charge in [0.25, 0.3) is 5.91 Å². The first-order chi connectivity index (χ1) is 9.32. The van der Waals surface area contributed by atoms with Crippen LogP contribution in [0.2, 0.25) is 0 Å². The van der Waals surface area contributed by atoms with E-state index in [1.165, 1.54) is 25.5 Å². The van der Waals surface area contributed by atoms with Gasteiger partial charge in [0.05, 0.1) is 11.8 Å². The van der Waals surface area contributed by atoms with Gasteiger partial charge in [0.2, 0.25) is 5.91 Å². The molecule has 0 spiro atoms. The molecule has 0 fully saturated rings. The topological polar surface area (TPSA) is 109 Å². The Morgan fingerprint density at radius 1 is 1.20 bits per heavy atom. The van der Waals surface area contributed by atoms with Gasteiger partial charge in [-0.1, -0.05) is 13.8 Å². The summed E-state index contributed by atoms with van der Waals surface area (Å²) >= 11 is 0. The summed E-state index contributed by atoms with van der Waals surface area (Å²) < 4.78 is 4.77. The lowest BCUT2D eigenvalue weighted by atomic mass is 10.0. The zero-order valence-corrected chi connectivity index (χ0v) is 11.5. The smallest absolute Gasteiger partial charge is 0.326 e. The Balaban J connectivity index is 2.59. The quantitative estimate of drug-likeness (QED) is 0.709. The third-order valence-corrected chi connectivity index (χ3v) is 2.75. The van der Waals surface area contributed by atoms with E-state index in [1.54, 1.807) is 13.8 Å². The molecule has 20 heavy (non-hydrogen) atoms. The molecule has 0 aliphatic rings. The SMILES string of the molecule is CC(NC(=O)c1ccoc1)C(=O)N[C@@H](C(=O)O)C(C)C. The molecule has 7 heteroatoms. The van der Waals surface area contributed by atoms with Crippen molar-refractivity contribution in [1.29, 1.82) is 0 Å². The maximum atomic E-state index is 11.9. The molecular weight excluding hydrogens is 264 g/mol. The highest BCUT2D eigenvalue weighted by molar-refractivity contribution is 5.97. The van der Waals surface area contributed by atoms with E-state index in [1.807, 2.05) is 0 Å². The predicted molar refractivity (Wildman–Crippen MR) is 70.0 cm³/mol. The van der Waals surface area contributed by atoms with Gasteiger partial charge in [-0.25, -0.2) is 4.79 Å². The van der Waals surface area contributed by atoms with Crippen molar-refractivity contribution >= 4 is 17.8 Å². The Morgan fingerprint density at radius 3 is 2.30 bits per heavy atom. The Bertz CT molecular complexity index is 481. The fourth-order valence-corrected chi connectivity index (χ4v) is 1.53. The maximum Gasteiger partial charge on any atom is 0.326 e. The number of furan rings is 1. The molecule has 2 amide bonds. The summed E-state index contributed by atoms with van der Waals surface area (Å²) in [5.74, 6) is -2.38. The van der Waals surface area contributed by atoms with Gasteiger partial charge in [-0.15, -0.1) is 0 Å². The van der Waals surface area contributed by atoms with Crippen LogP contribution in [0.1, 0.15) is 31.1 Å². The predicted octanol–water partition coefficient (Wildman–Crippen LogP) is 0.623. The van der Waals surface area contributed by atoms with Gasteiger partial charge in [-0.2, -0.15) is 0 Å². The van der Waals surface area contributed by atoms with Crippen LogP contribution in [0.15, 0.2) is 23.0 Å². The molecular formula is C13H18N2O5. The van der Waals surface area contributed by atoms with E-state index in [0.29, 0.717) is 5.56 Å². The second kappa shape index (κ2) is 6.74. The van der Waals surface area contributed by atoms with Crippen molar-refractivity contribution in [2.24, 2.45) is 5.92 Å². The summed E-state index contributed by atoms with van der Waals surface area (Å²) in [5.41, 5.74) is 0.295. The minimum atomic E-state index is -1.11. The highest BCUT2D eigenvalue weighted by Crippen LogP contribution is 2.03. The van der Waals surface area contributed by atoms with E-state index in [-0.39, 0.29) is 5.92 Å². The van der Waals surface area contributed by atoms with Crippen molar-refractivity contribution in [3.05, 3.63) is 24.2 Å². The summed E-state index contributed by atoms with van der Waals surface area (Å²) in [7, 11) is 0. The lowest BCUT2D eigenvalue weighted by Crippen LogP contribution is -2.52. The number of carbonyl (C=O) groups excluding carboxylic acids is 2. The molecule has 0 saturated carbocycles. The van der Waals surface area contributed by atoms with Crippen LogP contribution >= 0.6 is 0 Å². The average Bonchev–Trinajstić information content (AvgIpc) is 2.88. The molecule has 1 aromatic rings. The van der Waals surface area contributed by atoms with Crippen molar-refractivity contribution in [2.45, 2.75) is 32.9 Å². The highest BCUT2D eigenvalue weighted by Gasteiger charge is 2.26. The van der Waals surface area contributed by atoms with E-state index in [9.17, 15) is 14.4 Å². The molecule has 0 bridgehead atoms. The van der Waals surface area contributed by atoms with Crippen LogP contribution in [0.4, 0.5) is 0 Å². The largest absolute Gasteiger partial charge is 0.480 e. The third-order valence-electron chi connectivity index (χ3n) is 2.75. The number of nitrogens with one attached hydrogen (secondary N) is 2. The molecule has 0 aliphatic carbocycles. The number of hydrogen-bond donors (Lipinski definition) is 3. The van der Waals surface area contributed by atoms with Gasteiger partial charge in [-0.3, -0.25) is 9.59 Å². The summed E-state index contributed by atoms with van der Waals surface area (Å²) in [6.45, 7) is 4.86. The zero-order chi connectivity index (χ0) is 15.3. The van der Waals surface area contributed by atoms with Gasteiger partial charge < -0.3 is 20.2 Å². The van der Waals surface area contributed by atoms with Gasteiger partial charge in [-0.05, 0) is 18.9 Å². The van der Waals surface area contributed by atoms with Crippen LogP contribution in [0.3, 0.4) is 0 Å². The average molecular weight is 282 g/mol. The summed E-state index contributed by atoms with van der Waals surface area (Å²) in [5, 5.41) is 13.8. The minimum absolute atomic E-state index is 0.256. The van der Waals surface area contributed by atoms with Gasteiger partial charge >= 0.3 is 5.97 Å². The van der Waals surface area contributed by atoms with Crippen LogP contribution in [0, 0.1) is 5.92 Å². The molecule has 1 rings (SSSR count). The molecule has 3 N–H and O–H groups in total. The normalized spacial score (nSPS) is 13.6. The standard InChI is InChI=1S/C13H18N2O5/c1-7(2)10(13(18)19)15-11(16)8(3)14-12(17)9-4-5-20-6-9/h4-8,10H,1-3H3,(H,14,17)(H,15,16)(H,18,19)/t8?,10-/m1/s1. The Labute approximate surface area is 116 Å². The summed E-state index contributed by atoms with van der Waals surface area (Å²) in [6.07, 6.45) is 2.60. The summed E-state index contributed by atoms with van der Waals surface area (Å²) in [6, 6.07) is -0.373. The molecule has 1 unspecified atom stereocenters. The Hall–Kier alpha value is -2.31. The second-order valence-electron chi connectivity index (χ2n) is 4.78. The fourth-order valence-electron chi connectivity index (χ4n) is 1.53. The van der Waals surface area contributed by atoms with E-state index < -0.39 is 29.9 Å². The molecule has 0 radical (unpaired) electrons. The molecule has 1 heterocycles. The van der Waals surface area contributed by atoms with E-state index in [4.69, 9.17) is 9.52 Å². The number of carbonyl (C=O) groups is 3. The van der Waals surface area contributed by atoms with Crippen molar-refractivity contribution in [3.8, 4) is 0 Å². The van der Waals surface area contributed by atoms with Crippen LogP contribution in [0.25, 0.3) is 0 Å². The molecule has 1 aromatic heterocycles. The molecule has 0 saturated heterocycles. The molecule has 0 aromatic carbocycles. The number of aliphatic carboxylic acids is 1. The van der Waals surface area contributed by atoms with Crippen molar-refractivity contribution in [3.63, 3.8) is 0 Å². The molecule has 110 valence electrons. The van der Waals surface area contributed by atoms with E-state index in [0.717, 1.165) is 0 Å². The maximum absolute atomic E-state index is 11.9. The lowest BCUT2D eigenvalue weighted by molar-refractivity contribution is -0.143. The van der Waals surface area contributed by atoms with Crippen molar-refractivity contribution < 1.29 is 23.9 Å².